The van der Waals surface area contributed by atoms with Gasteiger partial charge in [-0.15, -0.1) is 0 Å². The van der Waals surface area contributed by atoms with Gasteiger partial charge in [-0.1, -0.05) is 0 Å². The van der Waals surface area contributed by atoms with Gasteiger partial charge in [0, 0.05) is 5.69 Å². The van der Waals surface area contributed by atoms with Gasteiger partial charge in [-0.05, 0) is 31.2 Å². The van der Waals surface area contributed by atoms with Gasteiger partial charge in [0.15, 0.2) is 0 Å². The first-order chi connectivity index (χ1) is 8.15. The minimum absolute atomic E-state index is 0.266. The lowest BCUT2D eigenvalue weighted by molar-refractivity contribution is 0.0697. The van der Waals surface area contributed by atoms with Gasteiger partial charge in [0.05, 0.1) is 18.3 Å². The van der Waals surface area contributed by atoms with E-state index in [-0.39, 0.29) is 5.56 Å². The molecule has 1 heterocycles. The van der Waals surface area contributed by atoms with Crippen LogP contribution >= 0.6 is 0 Å². The van der Waals surface area contributed by atoms with Gasteiger partial charge in [0.2, 0.25) is 5.89 Å². The number of hydrogen-bond donors (Lipinski definition) is 2. The smallest absolute Gasteiger partial charge is 0.335 e. The molecule has 0 aliphatic rings. The number of benzene rings is 1. The molecule has 0 atom stereocenters. The number of hydrogen-bond acceptors (Lipinski definition) is 4. The number of aromatic carboxylic acids is 1. The highest BCUT2D eigenvalue weighted by atomic mass is 16.4. The first-order valence-corrected chi connectivity index (χ1v) is 5.13. The molecule has 5 heteroatoms. The van der Waals surface area contributed by atoms with Crippen molar-refractivity contribution in [1.82, 2.24) is 4.98 Å². The number of carboxylic acids is 1. The molecule has 0 aliphatic heterocycles. The van der Waals surface area contributed by atoms with Crippen LogP contribution in [0, 0.1) is 6.92 Å². The van der Waals surface area contributed by atoms with Gasteiger partial charge < -0.3 is 14.8 Å². The van der Waals surface area contributed by atoms with Gasteiger partial charge in [0.1, 0.15) is 5.76 Å². The van der Waals surface area contributed by atoms with E-state index < -0.39 is 5.97 Å². The SMILES string of the molecule is Cc1cnc(CNc2ccc(C(=O)O)cc2)o1. The Hall–Kier alpha value is -2.30. The number of oxazole rings is 1. The Morgan fingerprint density at radius 1 is 1.41 bits per heavy atom. The lowest BCUT2D eigenvalue weighted by Crippen LogP contribution is -2.00. The van der Waals surface area contributed by atoms with Crippen molar-refractivity contribution < 1.29 is 14.3 Å². The topological polar surface area (TPSA) is 75.4 Å². The zero-order chi connectivity index (χ0) is 12.3. The molecule has 0 bridgehead atoms. The molecule has 2 aromatic rings. The van der Waals surface area contributed by atoms with Crippen molar-refractivity contribution in [3.05, 3.63) is 47.7 Å². The monoisotopic (exact) mass is 232 g/mol. The van der Waals surface area contributed by atoms with E-state index in [2.05, 4.69) is 10.3 Å². The average molecular weight is 232 g/mol. The third-order valence-electron chi connectivity index (χ3n) is 2.24. The summed E-state index contributed by atoms with van der Waals surface area (Å²) in [5, 5.41) is 11.8. The fourth-order valence-corrected chi connectivity index (χ4v) is 1.39. The maximum absolute atomic E-state index is 10.6. The number of nitrogens with zero attached hydrogens (tertiary/aromatic N) is 1. The summed E-state index contributed by atoms with van der Waals surface area (Å²) in [6.45, 7) is 2.30. The van der Waals surface area contributed by atoms with E-state index in [4.69, 9.17) is 9.52 Å². The van der Waals surface area contributed by atoms with Crippen molar-refractivity contribution >= 4 is 11.7 Å². The molecule has 5 nitrogen and oxygen atoms in total. The molecule has 1 aromatic heterocycles. The van der Waals surface area contributed by atoms with Crippen LogP contribution in [0.25, 0.3) is 0 Å². The number of aryl methyl sites for hydroxylation is 1. The highest BCUT2D eigenvalue weighted by Crippen LogP contribution is 2.11. The second kappa shape index (κ2) is 4.69. The quantitative estimate of drug-likeness (QED) is 0.845. The molecular formula is C12H12N2O3. The Kier molecular flexibility index (Phi) is 3.09. The van der Waals surface area contributed by atoms with Crippen molar-refractivity contribution in [3.63, 3.8) is 0 Å². The Morgan fingerprint density at radius 2 is 2.12 bits per heavy atom. The fourth-order valence-electron chi connectivity index (χ4n) is 1.39. The molecule has 0 unspecified atom stereocenters. The van der Waals surface area contributed by atoms with E-state index in [0.29, 0.717) is 12.4 Å². The Labute approximate surface area is 98.1 Å². The Bertz CT molecular complexity index is 517. The minimum Gasteiger partial charge on any atom is -0.478 e. The summed E-state index contributed by atoms with van der Waals surface area (Å²) < 4.78 is 5.30. The largest absolute Gasteiger partial charge is 0.478 e. The standard InChI is InChI=1S/C12H12N2O3/c1-8-6-14-11(17-8)7-13-10-4-2-9(3-5-10)12(15)16/h2-6,13H,7H2,1H3,(H,15,16). The number of anilines is 1. The molecule has 0 amide bonds. The Balaban J connectivity index is 1.97. The summed E-state index contributed by atoms with van der Waals surface area (Å²) in [5.74, 6) is 0.438. The molecule has 0 spiro atoms. The van der Waals surface area contributed by atoms with Gasteiger partial charge in [0.25, 0.3) is 0 Å². The second-order valence-corrected chi connectivity index (χ2v) is 3.60. The van der Waals surface area contributed by atoms with E-state index in [1.807, 2.05) is 6.92 Å². The van der Waals surface area contributed by atoms with E-state index in [0.717, 1.165) is 11.4 Å². The summed E-state index contributed by atoms with van der Waals surface area (Å²) in [5.41, 5.74) is 1.09. The molecule has 2 rings (SSSR count). The first-order valence-electron chi connectivity index (χ1n) is 5.13. The molecule has 0 aliphatic carbocycles. The van der Waals surface area contributed by atoms with Gasteiger partial charge >= 0.3 is 5.97 Å². The van der Waals surface area contributed by atoms with E-state index >= 15 is 0 Å². The van der Waals surface area contributed by atoms with Crippen molar-refractivity contribution in [2.24, 2.45) is 0 Å². The average Bonchev–Trinajstić information content (AvgIpc) is 2.73. The third-order valence-corrected chi connectivity index (χ3v) is 2.24. The summed E-state index contributed by atoms with van der Waals surface area (Å²) in [6, 6.07) is 6.51. The van der Waals surface area contributed by atoms with Crippen molar-refractivity contribution in [2.75, 3.05) is 5.32 Å². The highest BCUT2D eigenvalue weighted by Gasteiger charge is 2.03. The summed E-state index contributed by atoms with van der Waals surface area (Å²) in [4.78, 5) is 14.7. The molecule has 88 valence electrons. The van der Waals surface area contributed by atoms with Crippen molar-refractivity contribution in [2.45, 2.75) is 13.5 Å². The second-order valence-electron chi connectivity index (χ2n) is 3.60. The zero-order valence-electron chi connectivity index (χ0n) is 9.30. The molecule has 17 heavy (non-hydrogen) atoms. The normalized spacial score (nSPS) is 10.2. The number of carbonyl (C=O) groups is 1. The molecular weight excluding hydrogens is 220 g/mol. The Morgan fingerprint density at radius 3 is 2.65 bits per heavy atom. The highest BCUT2D eigenvalue weighted by molar-refractivity contribution is 5.87. The van der Waals surface area contributed by atoms with Crippen LogP contribution < -0.4 is 5.32 Å². The molecule has 0 saturated carbocycles. The van der Waals surface area contributed by atoms with Crippen LogP contribution in [0.2, 0.25) is 0 Å². The van der Waals surface area contributed by atoms with Crippen LogP contribution in [-0.2, 0) is 6.54 Å². The van der Waals surface area contributed by atoms with Crippen molar-refractivity contribution in [1.29, 1.82) is 0 Å². The molecule has 0 saturated heterocycles. The predicted molar refractivity (Wildman–Crippen MR) is 62.0 cm³/mol. The number of nitrogens with one attached hydrogen (secondary N) is 1. The summed E-state index contributed by atoms with van der Waals surface area (Å²) in [7, 11) is 0. The maximum atomic E-state index is 10.6. The summed E-state index contributed by atoms with van der Waals surface area (Å²) >= 11 is 0. The molecule has 0 fully saturated rings. The molecule has 2 N–H and O–H groups in total. The van der Waals surface area contributed by atoms with Crippen LogP contribution in [0.4, 0.5) is 5.69 Å². The van der Waals surface area contributed by atoms with Crippen molar-refractivity contribution in [3.8, 4) is 0 Å². The van der Waals surface area contributed by atoms with Gasteiger partial charge in [-0.3, -0.25) is 0 Å². The lowest BCUT2D eigenvalue weighted by Gasteiger charge is -2.03. The van der Waals surface area contributed by atoms with Crippen LogP contribution in [-0.4, -0.2) is 16.1 Å². The summed E-state index contributed by atoms with van der Waals surface area (Å²) in [6.07, 6.45) is 1.66. The number of rotatable bonds is 4. The number of aromatic nitrogens is 1. The van der Waals surface area contributed by atoms with E-state index in [1.165, 1.54) is 0 Å². The first kappa shape index (κ1) is 11.2. The number of carboxylic acid groups (broad SMARTS) is 1. The molecule has 1 aromatic carbocycles. The van der Waals surface area contributed by atoms with Crippen LogP contribution in [0.5, 0.6) is 0 Å². The van der Waals surface area contributed by atoms with Crippen LogP contribution in [0.15, 0.2) is 34.9 Å². The van der Waals surface area contributed by atoms with E-state index in [1.54, 1.807) is 30.5 Å². The van der Waals surface area contributed by atoms with Gasteiger partial charge in [-0.2, -0.15) is 0 Å². The minimum atomic E-state index is -0.931. The predicted octanol–water partition coefficient (Wildman–Crippen LogP) is 2.29. The maximum Gasteiger partial charge on any atom is 0.335 e. The van der Waals surface area contributed by atoms with Gasteiger partial charge in [-0.25, -0.2) is 9.78 Å². The lowest BCUT2D eigenvalue weighted by atomic mass is 10.2. The molecule has 0 radical (unpaired) electrons. The third kappa shape index (κ3) is 2.84. The van der Waals surface area contributed by atoms with Crippen LogP contribution in [0.1, 0.15) is 22.0 Å². The zero-order valence-corrected chi connectivity index (χ0v) is 9.30. The van der Waals surface area contributed by atoms with E-state index in [9.17, 15) is 4.79 Å². The van der Waals surface area contributed by atoms with Crippen LogP contribution in [0.3, 0.4) is 0 Å². The fraction of sp³-hybridized carbons (Fsp3) is 0.167.